The molecule has 0 heterocycles. The Kier molecular flexibility index (Phi) is 6.06. The smallest absolute Gasteiger partial charge is 0.244 e. The molecule has 2 rings (SSSR count). The van der Waals surface area contributed by atoms with Crippen molar-refractivity contribution >= 4 is 21.8 Å². The second kappa shape index (κ2) is 7.87. The molecular formula is C17H17FN2O3S2. The van der Waals surface area contributed by atoms with Crippen molar-refractivity contribution in [2.45, 2.75) is 16.3 Å². The van der Waals surface area contributed by atoms with Gasteiger partial charge in [-0.05, 0) is 36.1 Å². The van der Waals surface area contributed by atoms with Gasteiger partial charge in [-0.25, -0.2) is 12.8 Å². The Morgan fingerprint density at radius 3 is 2.64 bits per heavy atom. The van der Waals surface area contributed by atoms with E-state index in [4.69, 9.17) is 10.00 Å². The molecule has 0 atom stereocenters. The van der Waals surface area contributed by atoms with Crippen LogP contribution in [0.15, 0.2) is 46.2 Å². The number of ether oxygens (including phenoxy) is 1. The maximum absolute atomic E-state index is 13.7. The van der Waals surface area contributed by atoms with Gasteiger partial charge in [-0.2, -0.15) is 9.57 Å². The van der Waals surface area contributed by atoms with Gasteiger partial charge in [0, 0.05) is 18.5 Å². The summed E-state index contributed by atoms with van der Waals surface area (Å²) in [5.74, 6) is -0.206. The summed E-state index contributed by atoms with van der Waals surface area (Å²) in [5.41, 5.74) is 0.236. The molecule has 0 fully saturated rings. The zero-order valence-corrected chi connectivity index (χ0v) is 15.6. The molecule has 0 bridgehead atoms. The summed E-state index contributed by atoms with van der Waals surface area (Å²) < 4.78 is 45.5. The summed E-state index contributed by atoms with van der Waals surface area (Å²) in [6.07, 6.45) is 1.92. The maximum Gasteiger partial charge on any atom is 0.244 e. The van der Waals surface area contributed by atoms with Crippen LogP contribution in [0.4, 0.5) is 4.39 Å². The quantitative estimate of drug-likeness (QED) is 0.720. The normalized spacial score (nSPS) is 11.4. The van der Waals surface area contributed by atoms with Crippen LogP contribution in [0.25, 0.3) is 0 Å². The van der Waals surface area contributed by atoms with Crippen LogP contribution in [0.1, 0.15) is 11.1 Å². The highest BCUT2D eigenvalue weighted by molar-refractivity contribution is 7.98. The summed E-state index contributed by atoms with van der Waals surface area (Å²) in [6, 6.07) is 10.6. The predicted octanol–water partition coefficient (Wildman–Crippen LogP) is 3.25. The molecule has 0 amide bonds. The third-order valence-electron chi connectivity index (χ3n) is 3.63. The van der Waals surface area contributed by atoms with Crippen molar-refractivity contribution in [1.29, 1.82) is 5.26 Å². The van der Waals surface area contributed by atoms with Crippen LogP contribution in [0.2, 0.25) is 0 Å². The van der Waals surface area contributed by atoms with Crippen molar-refractivity contribution in [3.63, 3.8) is 0 Å². The standard InChI is InChI=1S/C17H17FN2O3S2/c1-20(11-12-7-8-16(24-3)15(9-12)23-2)25(21,22)17-6-4-5-14(18)13(17)10-19/h4-9H,11H2,1-3H3. The van der Waals surface area contributed by atoms with Crippen molar-refractivity contribution in [2.24, 2.45) is 0 Å². The van der Waals surface area contributed by atoms with Gasteiger partial charge < -0.3 is 4.74 Å². The minimum Gasteiger partial charge on any atom is -0.496 e. The van der Waals surface area contributed by atoms with E-state index < -0.39 is 21.4 Å². The third-order valence-corrected chi connectivity index (χ3v) is 6.25. The number of thioether (sulfide) groups is 1. The van der Waals surface area contributed by atoms with E-state index in [0.29, 0.717) is 5.75 Å². The van der Waals surface area contributed by atoms with E-state index in [1.807, 2.05) is 12.3 Å². The number of halogens is 1. The molecule has 5 nitrogen and oxygen atoms in total. The fourth-order valence-corrected chi connectivity index (χ4v) is 4.17. The van der Waals surface area contributed by atoms with E-state index in [2.05, 4.69) is 0 Å². The summed E-state index contributed by atoms with van der Waals surface area (Å²) in [7, 11) is -1.08. The summed E-state index contributed by atoms with van der Waals surface area (Å²) >= 11 is 1.52. The highest BCUT2D eigenvalue weighted by atomic mass is 32.2. The molecule has 0 aliphatic rings. The number of hydrogen-bond acceptors (Lipinski definition) is 5. The zero-order chi connectivity index (χ0) is 18.6. The molecule has 8 heteroatoms. The largest absolute Gasteiger partial charge is 0.496 e. The summed E-state index contributed by atoms with van der Waals surface area (Å²) in [4.78, 5) is 0.596. The number of methoxy groups -OCH3 is 1. The Morgan fingerprint density at radius 2 is 2.04 bits per heavy atom. The molecule has 25 heavy (non-hydrogen) atoms. The molecular weight excluding hydrogens is 363 g/mol. The summed E-state index contributed by atoms with van der Waals surface area (Å²) in [5, 5.41) is 9.07. The highest BCUT2D eigenvalue weighted by Gasteiger charge is 2.26. The Hall–Kier alpha value is -2.08. The first-order valence-corrected chi connectivity index (χ1v) is 9.87. The van der Waals surface area contributed by atoms with Crippen LogP contribution in [0, 0.1) is 17.1 Å². The fourth-order valence-electron chi connectivity index (χ4n) is 2.32. The Labute approximate surface area is 151 Å². The van der Waals surface area contributed by atoms with Gasteiger partial charge in [-0.1, -0.05) is 12.1 Å². The number of nitrogens with zero attached hydrogens (tertiary/aromatic N) is 2. The lowest BCUT2D eigenvalue weighted by atomic mass is 10.2. The lowest BCUT2D eigenvalue weighted by molar-refractivity contribution is 0.402. The minimum atomic E-state index is -4.01. The van der Waals surface area contributed by atoms with Crippen molar-refractivity contribution in [3.05, 3.63) is 53.3 Å². The number of rotatable bonds is 6. The first kappa shape index (κ1) is 19.2. The van der Waals surface area contributed by atoms with E-state index in [0.717, 1.165) is 20.8 Å². The van der Waals surface area contributed by atoms with Crippen molar-refractivity contribution in [2.75, 3.05) is 20.4 Å². The molecule has 0 spiro atoms. The predicted molar refractivity (Wildman–Crippen MR) is 94.5 cm³/mol. The average Bonchev–Trinajstić information content (AvgIpc) is 2.61. The second-order valence-corrected chi connectivity index (χ2v) is 8.04. The van der Waals surface area contributed by atoms with Gasteiger partial charge in [0.1, 0.15) is 28.1 Å². The lowest BCUT2D eigenvalue weighted by Crippen LogP contribution is -2.27. The van der Waals surface area contributed by atoms with Gasteiger partial charge >= 0.3 is 0 Å². The van der Waals surface area contributed by atoms with E-state index in [9.17, 15) is 12.8 Å². The molecule has 132 valence electrons. The number of benzene rings is 2. The molecule has 0 radical (unpaired) electrons. The van der Waals surface area contributed by atoms with Crippen LogP contribution in [-0.4, -0.2) is 33.1 Å². The second-order valence-electron chi connectivity index (χ2n) is 5.18. The highest BCUT2D eigenvalue weighted by Crippen LogP contribution is 2.29. The molecule has 0 aliphatic heterocycles. The van der Waals surface area contributed by atoms with Crippen molar-refractivity contribution in [1.82, 2.24) is 4.31 Å². The maximum atomic E-state index is 13.7. The zero-order valence-electron chi connectivity index (χ0n) is 14.0. The average molecular weight is 380 g/mol. The SMILES string of the molecule is COc1cc(CN(C)S(=O)(=O)c2cccc(F)c2C#N)ccc1SC. The first-order valence-electron chi connectivity index (χ1n) is 7.21. The number of hydrogen-bond donors (Lipinski definition) is 0. The molecule has 0 N–H and O–H groups in total. The van der Waals surface area contributed by atoms with Crippen LogP contribution in [0.3, 0.4) is 0 Å². The Morgan fingerprint density at radius 1 is 1.32 bits per heavy atom. The fraction of sp³-hybridized carbons (Fsp3) is 0.235. The molecule has 0 saturated carbocycles. The molecule has 2 aromatic rings. The van der Waals surface area contributed by atoms with Crippen molar-refractivity contribution < 1.29 is 17.5 Å². The molecule has 0 aromatic heterocycles. The van der Waals surface area contributed by atoms with Gasteiger partial charge in [0.2, 0.25) is 10.0 Å². The van der Waals surface area contributed by atoms with Crippen LogP contribution < -0.4 is 4.74 Å². The van der Waals surface area contributed by atoms with Gasteiger partial charge in [0.15, 0.2) is 0 Å². The molecule has 0 unspecified atom stereocenters. The van der Waals surface area contributed by atoms with Crippen LogP contribution in [0.5, 0.6) is 5.75 Å². The van der Waals surface area contributed by atoms with Gasteiger partial charge in [0.05, 0.1) is 7.11 Å². The van der Waals surface area contributed by atoms with Gasteiger partial charge in [0.25, 0.3) is 0 Å². The molecule has 0 aliphatic carbocycles. The van der Waals surface area contributed by atoms with E-state index in [1.165, 1.54) is 30.9 Å². The number of sulfonamides is 1. The number of nitriles is 1. The lowest BCUT2D eigenvalue weighted by Gasteiger charge is -2.19. The van der Waals surface area contributed by atoms with Crippen molar-refractivity contribution in [3.8, 4) is 11.8 Å². The monoisotopic (exact) mass is 380 g/mol. The summed E-state index contributed by atoms with van der Waals surface area (Å²) in [6.45, 7) is 0.0642. The van der Waals surface area contributed by atoms with E-state index in [1.54, 1.807) is 25.3 Å². The minimum absolute atomic E-state index is 0.0642. The van der Waals surface area contributed by atoms with Gasteiger partial charge in [-0.3, -0.25) is 0 Å². The Balaban J connectivity index is 2.36. The topological polar surface area (TPSA) is 70.4 Å². The Bertz CT molecular complexity index is 924. The van der Waals surface area contributed by atoms with E-state index in [-0.39, 0.29) is 11.4 Å². The molecule has 0 saturated heterocycles. The van der Waals surface area contributed by atoms with Crippen LogP contribution in [-0.2, 0) is 16.6 Å². The van der Waals surface area contributed by atoms with Crippen LogP contribution >= 0.6 is 11.8 Å². The van der Waals surface area contributed by atoms with Gasteiger partial charge in [-0.15, -0.1) is 11.8 Å². The molecule has 2 aromatic carbocycles. The first-order chi connectivity index (χ1) is 11.8. The van der Waals surface area contributed by atoms with E-state index >= 15 is 0 Å². The third kappa shape index (κ3) is 3.95.